The molecule has 1 aromatic heterocycles. The minimum absolute atomic E-state index is 0.556. The van der Waals surface area contributed by atoms with Crippen LogP contribution in [0.1, 0.15) is 12.8 Å². The summed E-state index contributed by atoms with van der Waals surface area (Å²) in [5.74, 6) is 0.556. The lowest BCUT2D eigenvalue weighted by molar-refractivity contribution is 0.0486. The van der Waals surface area contributed by atoms with Gasteiger partial charge in [-0.3, -0.25) is 0 Å². The number of halogens is 1. The molecule has 1 saturated heterocycles. The maximum absolute atomic E-state index is 5.99. The molecule has 0 bridgehead atoms. The number of nitrogens with zero attached hydrogens (tertiary/aromatic N) is 1. The van der Waals surface area contributed by atoms with Gasteiger partial charge in [-0.1, -0.05) is 11.6 Å². The summed E-state index contributed by atoms with van der Waals surface area (Å²) in [6.45, 7) is 2.65. The first-order chi connectivity index (χ1) is 8.74. The molecule has 2 heterocycles. The Morgan fingerprint density at radius 1 is 1.50 bits per heavy atom. The molecule has 1 aliphatic heterocycles. The molecule has 0 saturated carbocycles. The molecule has 0 amide bonds. The number of rotatable bonds is 2. The number of hydrogen-bond donors (Lipinski definition) is 1. The fourth-order valence-electron chi connectivity index (χ4n) is 2.53. The van der Waals surface area contributed by atoms with Crippen molar-refractivity contribution in [3.8, 4) is 0 Å². The number of hydrogen-bond acceptors (Lipinski definition) is 2. The van der Waals surface area contributed by atoms with Gasteiger partial charge in [-0.15, -0.1) is 0 Å². The number of aromatic nitrogens is 2. The summed E-state index contributed by atoms with van der Waals surface area (Å²) in [7, 11) is 0. The zero-order valence-electron chi connectivity index (χ0n) is 9.99. The highest BCUT2D eigenvalue weighted by Gasteiger charge is 2.16. The molecule has 1 atom stereocenters. The second kappa shape index (κ2) is 5.03. The summed E-state index contributed by atoms with van der Waals surface area (Å²) in [6, 6.07) is 5.84. The Morgan fingerprint density at radius 2 is 2.39 bits per heavy atom. The van der Waals surface area contributed by atoms with E-state index in [0.717, 1.165) is 47.0 Å². The van der Waals surface area contributed by atoms with Crippen molar-refractivity contribution in [2.45, 2.75) is 19.4 Å². The third-order valence-corrected chi connectivity index (χ3v) is 3.99. The third-order valence-electron chi connectivity index (χ3n) is 3.43. The Labute approximate surface area is 116 Å². The van der Waals surface area contributed by atoms with Gasteiger partial charge in [-0.05, 0) is 43.3 Å². The van der Waals surface area contributed by atoms with Crippen molar-refractivity contribution >= 4 is 34.9 Å². The van der Waals surface area contributed by atoms with Gasteiger partial charge in [0.15, 0.2) is 4.77 Å². The lowest BCUT2D eigenvalue weighted by atomic mass is 10.0. The van der Waals surface area contributed by atoms with Crippen LogP contribution in [0, 0.1) is 10.7 Å². The zero-order chi connectivity index (χ0) is 12.5. The van der Waals surface area contributed by atoms with E-state index in [9.17, 15) is 0 Å². The average molecular weight is 283 g/mol. The van der Waals surface area contributed by atoms with E-state index in [4.69, 9.17) is 28.6 Å². The van der Waals surface area contributed by atoms with Gasteiger partial charge in [-0.2, -0.15) is 0 Å². The van der Waals surface area contributed by atoms with Crippen LogP contribution in [0.2, 0.25) is 5.02 Å². The van der Waals surface area contributed by atoms with E-state index in [-0.39, 0.29) is 0 Å². The first kappa shape index (κ1) is 12.2. The van der Waals surface area contributed by atoms with E-state index >= 15 is 0 Å². The molecule has 1 aromatic carbocycles. The molecular formula is C13H15ClN2OS. The van der Waals surface area contributed by atoms with Crippen molar-refractivity contribution in [1.82, 2.24) is 9.55 Å². The molecule has 1 fully saturated rings. The minimum atomic E-state index is 0.556. The van der Waals surface area contributed by atoms with Crippen molar-refractivity contribution in [1.29, 1.82) is 0 Å². The quantitative estimate of drug-likeness (QED) is 0.850. The molecule has 0 aliphatic carbocycles. The molecule has 3 rings (SSSR count). The molecule has 0 radical (unpaired) electrons. The van der Waals surface area contributed by atoms with Gasteiger partial charge in [0, 0.05) is 24.1 Å². The molecule has 1 aliphatic rings. The Hall–Kier alpha value is -0.840. The van der Waals surface area contributed by atoms with Gasteiger partial charge in [0.25, 0.3) is 0 Å². The highest BCUT2D eigenvalue weighted by molar-refractivity contribution is 7.71. The SMILES string of the molecule is S=c1[nH]c2cc(Cl)ccc2n1CC1CCCOC1. The lowest BCUT2D eigenvalue weighted by Gasteiger charge is -2.22. The number of H-pyrrole nitrogens is 1. The van der Waals surface area contributed by atoms with Crippen molar-refractivity contribution < 1.29 is 4.74 Å². The number of aromatic amines is 1. The zero-order valence-corrected chi connectivity index (χ0v) is 11.6. The first-order valence-corrected chi connectivity index (χ1v) is 6.98. The van der Waals surface area contributed by atoms with Gasteiger partial charge in [0.05, 0.1) is 17.6 Å². The first-order valence-electron chi connectivity index (χ1n) is 6.20. The molecule has 5 heteroatoms. The van der Waals surface area contributed by atoms with Crippen molar-refractivity contribution in [2.75, 3.05) is 13.2 Å². The van der Waals surface area contributed by atoms with Crippen molar-refractivity contribution in [3.63, 3.8) is 0 Å². The van der Waals surface area contributed by atoms with Crippen LogP contribution >= 0.6 is 23.8 Å². The molecule has 1 N–H and O–H groups in total. The van der Waals surface area contributed by atoms with Crippen molar-refractivity contribution in [2.24, 2.45) is 5.92 Å². The highest BCUT2D eigenvalue weighted by atomic mass is 35.5. The van der Waals surface area contributed by atoms with Crippen LogP contribution in [0.25, 0.3) is 11.0 Å². The van der Waals surface area contributed by atoms with Gasteiger partial charge >= 0.3 is 0 Å². The highest BCUT2D eigenvalue weighted by Crippen LogP contribution is 2.22. The molecular weight excluding hydrogens is 268 g/mol. The van der Waals surface area contributed by atoms with Crippen LogP contribution in [0.5, 0.6) is 0 Å². The largest absolute Gasteiger partial charge is 0.381 e. The number of fused-ring (bicyclic) bond motifs is 1. The molecule has 3 nitrogen and oxygen atoms in total. The van der Waals surface area contributed by atoms with E-state index in [1.54, 1.807) is 0 Å². The fraction of sp³-hybridized carbons (Fsp3) is 0.462. The minimum Gasteiger partial charge on any atom is -0.381 e. The van der Waals surface area contributed by atoms with Crippen LogP contribution in [0.3, 0.4) is 0 Å². The average Bonchev–Trinajstić information content (AvgIpc) is 2.66. The van der Waals surface area contributed by atoms with Gasteiger partial charge < -0.3 is 14.3 Å². The number of imidazole rings is 1. The van der Waals surface area contributed by atoms with Crippen LogP contribution in [-0.2, 0) is 11.3 Å². The van der Waals surface area contributed by atoms with E-state index in [1.165, 1.54) is 6.42 Å². The van der Waals surface area contributed by atoms with Gasteiger partial charge in [-0.25, -0.2) is 0 Å². The van der Waals surface area contributed by atoms with Crippen LogP contribution < -0.4 is 0 Å². The number of ether oxygens (including phenoxy) is 1. The lowest BCUT2D eigenvalue weighted by Crippen LogP contribution is -2.22. The summed E-state index contributed by atoms with van der Waals surface area (Å²) < 4.78 is 8.44. The van der Waals surface area contributed by atoms with Crippen LogP contribution in [0.15, 0.2) is 18.2 Å². The Kier molecular flexibility index (Phi) is 3.41. The standard InChI is InChI=1S/C13H15ClN2OS/c14-10-3-4-12-11(6-10)15-13(18)16(12)7-9-2-1-5-17-8-9/h3-4,6,9H,1-2,5,7-8H2,(H,15,18). The maximum atomic E-state index is 5.99. The second-order valence-electron chi connectivity index (χ2n) is 4.79. The maximum Gasteiger partial charge on any atom is 0.178 e. The Balaban J connectivity index is 1.95. The summed E-state index contributed by atoms with van der Waals surface area (Å²) in [5, 5.41) is 0.729. The molecule has 96 valence electrons. The molecule has 18 heavy (non-hydrogen) atoms. The van der Waals surface area contributed by atoms with Gasteiger partial charge in [0.2, 0.25) is 0 Å². The fourth-order valence-corrected chi connectivity index (χ4v) is 2.98. The van der Waals surface area contributed by atoms with E-state index in [0.29, 0.717) is 5.92 Å². The monoisotopic (exact) mass is 282 g/mol. The van der Waals surface area contributed by atoms with E-state index in [1.807, 2.05) is 18.2 Å². The Morgan fingerprint density at radius 3 is 3.17 bits per heavy atom. The van der Waals surface area contributed by atoms with E-state index in [2.05, 4.69) is 9.55 Å². The number of nitrogens with one attached hydrogen (secondary N) is 1. The summed E-state index contributed by atoms with van der Waals surface area (Å²) in [6.07, 6.45) is 2.36. The van der Waals surface area contributed by atoms with Gasteiger partial charge in [0.1, 0.15) is 0 Å². The molecule has 2 aromatic rings. The molecule has 1 unspecified atom stereocenters. The second-order valence-corrected chi connectivity index (χ2v) is 5.61. The van der Waals surface area contributed by atoms with Crippen LogP contribution in [-0.4, -0.2) is 22.8 Å². The Bertz CT molecular complexity index is 613. The smallest absolute Gasteiger partial charge is 0.178 e. The molecule has 0 spiro atoms. The normalized spacial score (nSPS) is 20.4. The van der Waals surface area contributed by atoms with Crippen LogP contribution in [0.4, 0.5) is 0 Å². The summed E-state index contributed by atoms with van der Waals surface area (Å²) >= 11 is 11.4. The number of benzene rings is 1. The van der Waals surface area contributed by atoms with E-state index < -0.39 is 0 Å². The topological polar surface area (TPSA) is 29.9 Å². The summed E-state index contributed by atoms with van der Waals surface area (Å²) in [4.78, 5) is 3.21. The predicted octanol–water partition coefficient (Wildman–Crippen LogP) is 3.78. The summed E-state index contributed by atoms with van der Waals surface area (Å²) in [5.41, 5.74) is 2.12. The van der Waals surface area contributed by atoms with Crippen molar-refractivity contribution in [3.05, 3.63) is 28.0 Å². The third kappa shape index (κ3) is 2.32. The predicted molar refractivity (Wildman–Crippen MR) is 75.7 cm³/mol.